The summed E-state index contributed by atoms with van der Waals surface area (Å²) < 4.78 is 27.8. The number of rotatable bonds is 6. The predicted molar refractivity (Wildman–Crippen MR) is 133 cm³/mol. The number of hydrogen-bond acceptors (Lipinski definition) is 7. The first-order valence-corrected chi connectivity index (χ1v) is 12.3. The lowest BCUT2D eigenvalue weighted by molar-refractivity contribution is 0.247. The molecule has 0 radical (unpaired) electrons. The van der Waals surface area contributed by atoms with Crippen molar-refractivity contribution in [1.82, 2.24) is 13.9 Å². The molecule has 3 heterocycles. The van der Waals surface area contributed by atoms with Crippen molar-refractivity contribution in [1.29, 1.82) is 5.26 Å². The minimum absolute atomic E-state index is 0.0283. The molecule has 2 aromatic carbocycles. The molecule has 1 aliphatic heterocycles. The second-order valence-electron chi connectivity index (χ2n) is 8.55. The second kappa shape index (κ2) is 8.48. The number of nitriles is 1. The van der Waals surface area contributed by atoms with Gasteiger partial charge in [0.25, 0.3) is 10.0 Å². The summed E-state index contributed by atoms with van der Waals surface area (Å²) in [5.74, 6) is 0.528. The number of pyridine rings is 1. The summed E-state index contributed by atoms with van der Waals surface area (Å²) in [4.78, 5) is 8.97. The maximum atomic E-state index is 13.3. The van der Waals surface area contributed by atoms with E-state index < -0.39 is 10.0 Å². The van der Waals surface area contributed by atoms with Crippen molar-refractivity contribution in [3.63, 3.8) is 0 Å². The number of anilines is 3. The number of fused-ring (bicyclic) bond motifs is 1. The van der Waals surface area contributed by atoms with Crippen molar-refractivity contribution >= 4 is 38.1 Å². The molecule has 0 atom stereocenters. The van der Waals surface area contributed by atoms with E-state index >= 15 is 0 Å². The van der Waals surface area contributed by atoms with Crippen molar-refractivity contribution in [2.75, 3.05) is 37.4 Å². The van der Waals surface area contributed by atoms with E-state index in [2.05, 4.69) is 46.3 Å². The molecule has 8 nitrogen and oxygen atoms in total. The summed E-state index contributed by atoms with van der Waals surface area (Å²) in [6.07, 6.45) is 3.12. The molecule has 0 aliphatic carbocycles. The SMILES string of the molecule is CN(C)C1CN(c2ccc(Nc3cc4c(ccn4S(=O)(=O)c4ccccc4C#N)cn3)cc2)C1. The van der Waals surface area contributed by atoms with E-state index in [9.17, 15) is 13.7 Å². The van der Waals surface area contributed by atoms with Gasteiger partial charge in [-0.3, -0.25) is 0 Å². The third kappa shape index (κ3) is 3.87. The molecule has 1 saturated heterocycles. The Bertz CT molecular complexity index is 1500. The molecule has 0 spiro atoms. The number of likely N-dealkylation sites (N-methyl/N-ethyl adjacent to an activating group) is 1. The predicted octanol–water partition coefficient (Wildman–Crippen LogP) is 3.64. The van der Waals surface area contributed by atoms with Gasteiger partial charge in [-0.15, -0.1) is 0 Å². The highest BCUT2D eigenvalue weighted by Crippen LogP contribution is 2.28. The van der Waals surface area contributed by atoms with E-state index in [1.165, 1.54) is 28.0 Å². The first kappa shape index (κ1) is 21.9. The van der Waals surface area contributed by atoms with Crippen LogP contribution in [-0.4, -0.2) is 55.5 Å². The van der Waals surface area contributed by atoms with Crippen molar-refractivity contribution < 1.29 is 8.42 Å². The Kier molecular flexibility index (Phi) is 5.48. The van der Waals surface area contributed by atoms with Crippen molar-refractivity contribution in [2.24, 2.45) is 0 Å². The van der Waals surface area contributed by atoms with Gasteiger partial charge in [-0.05, 0) is 56.6 Å². The van der Waals surface area contributed by atoms with Crippen LogP contribution in [0.4, 0.5) is 17.2 Å². The summed E-state index contributed by atoms with van der Waals surface area (Å²) in [6, 6.07) is 20.3. The van der Waals surface area contributed by atoms with Gasteiger partial charge in [0.15, 0.2) is 0 Å². The fourth-order valence-corrected chi connectivity index (χ4v) is 5.56. The van der Waals surface area contributed by atoms with Gasteiger partial charge in [-0.1, -0.05) is 12.1 Å². The normalized spacial score (nSPS) is 14.2. The quantitative estimate of drug-likeness (QED) is 0.458. The summed E-state index contributed by atoms with van der Waals surface area (Å²) in [7, 11) is 0.253. The third-order valence-electron chi connectivity index (χ3n) is 6.18. The van der Waals surface area contributed by atoms with E-state index in [-0.39, 0.29) is 10.5 Å². The van der Waals surface area contributed by atoms with Crippen LogP contribution in [0.3, 0.4) is 0 Å². The summed E-state index contributed by atoms with van der Waals surface area (Å²) in [5, 5.41) is 13.3. The number of hydrogen-bond donors (Lipinski definition) is 1. The number of nitrogens with one attached hydrogen (secondary N) is 1. The van der Waals surface area contributed by atoms with Gasteiger partial charge in [0, 0.05) is 54.4 Å². The van der Waals surface area contributed by atoms with E-state index in [0.29, 0.717) is 22.8 Å². The van der Waals surface area contributed by atoms with Crippen LogP contribution >= 0.6 is 0 Å². The van der Waals surface area contributed by atoms with Gasteiger partial charge in [0.05, 0.1) is 11.1 Å². The lowest BCUT2D eigenvalue weighted by Crippen LogP contribution is -2.57. The number of aromatic nitrogens is 2. The van der Waals surface area contributed by atoms with E-state index in [1.807, 2.05) is 18.2 Å². The first-order chi connectivity index (χ1) is 16.4. The van der Waals surface area contributed by atoms with Crippen LogP contribution in [0.15, 0.2) is 78.0 Å². The standard InChI is InChI=1S/C25H24N6O2S/c1-29(2)22-16-30(17-22)21-9-7-20(8-10-21)28-25-13-23-19(15-27-25)11-12-31(23)34(32,33)24-6-4-3-5-18(24)14-26/h3-13,15,22H,16-17H2,1-2H3,(H,27,28). The van der Waals surface area contributed by atoms with E-state index in [4.69, 9.17) is 0 Å². The van der Waals surface area contributed by atoms with Crippen LogP contribution in [0.2, 0.25) is 0 Å². The summed E-state index contributed by atoms with van der Waals surface area (Å²) >= 11 is 0. The van der Waals surface area contributed by atoms with Crippen molar-refractivity contribution in [3.05, 3.63) is 78.6 Å². The fraction of sp³-hybridized carbons (Fsp3) is 0.200. The Labute approximate surface area is 198 Å². The molecule has 0 amide bonds. The van der Waals surface area contributed by atoms with Crippen LogP contribution in [-0.2, 0) is 10.0 Å². The highest BCUT2D eigenvalue weighted by atomic mass is 32.2. The highest BCUT2D eigenvalue weighted by molar-refractivity contribution is 7.90. The van der Waals surface area contributed by atoms with Gasteiger partial charge in [-0.25, -0.2) is 17.4 Å². The van der Waals surface area contributed by atoms with Gasteiger partial charge in [-0.2, -0.15) is 5.26 Å². The highest BCUT2D eigenvalue weighted by Gasteiger charge is 2.28. The molecule has 4 aromatic rings. The monoisotopic (exact) mass is 472 g/mol. The molecule has 2 aromatic heterocycles. The van der Waals surface area contributed by atoms with Crippen molar-refractivity contribution in [3.8, 4) is 6.07 Å². The molecule has 9 heteroatoms. The molecule has 1 fully saturated rings. The van der Waals surface area contributed by atoms with Gasteiger partial charge in [0.1, 0.15) is 16.8 Å². The number of nitrogens with zero attached hydrogens (tertiary/aromatic N) is 5. The summed E-state index contributed by atoms with van der Waals surface area (Å²) in [5.41, 5.74) is 2.62. The molecule has 5 rings (SSSR count). The zero-order valence-corrected chi connectivity index (χ0v) is 19.7. The second-order valence-corrected chi connectivity index (χ2v) is 10.3. The van der Waals surface area contributed by atoms with Crippen LogP contribution in [0.25, 0.3) is 10.9 Å². The number of benzene rings is 2. The maximum absolute atomic E-state index is 13.3. The van der Waals surface area contributed by atoms with E-state index in [0.717, 1.165) is 18.8 Å². The fourth-order valence-electron chi connectivity index (χ4n) is 4.07. The molecule has 0 bridgehead atoms. The molecule has 1 aliphatic rings. The summed E-state index contributed by atoms with van der Waals surface area (Å²) in [6.45, 7) is 2.02. The van der Waals surface area contributed by atoms with Crippen LogP contribution in [0.5, 0.6) is 0 Å². The molecule has 0 saturated carbocycles. The first-order valence-electron chi connectivity index (χ1n) is 10.9. The van der Waals surface area contributed by atoms with Crippen LogP contribution in [0.1, 0.15) is 5.56 Å². The Morgan fingerprint density at radius 2 is 1.82 bits per heavy atom. The smallest absolute Gasteiger partial charge is 0.269 e. The average Bonchev–Trinajstić information content (AvgIpc) is 3.23. The zero-order chi connectivity index (χ0) is 23.9. The largest absolute Gasteiger partial charge is 0.368 e. The molecular weight excluding hydrogens is 448 g/mol. The van der Waals surface area contributed by atoms with Crippen LogP contribution in [0, 0.1) is 11.3 Å². The van der Waals surface area contributed by atoms with Gasteiger partial charge in [0.2, 0.25) is 0 Å². The topological polar surface area (TPSA) is 94.3 Å². The Balaban J connectivity index is 1.40. The Morgan fingerprint density at radius 1 is 1.09 bits per heavy atom. The lowest BCUT2D eigenvalue weighted by atomic mass is 10.1. The van der Waals surface area contributed by atoms with Gasteiger partial charge >= 0.3 is 0 Å². The molecule has 1 N–H and O–H groups in total. The van der Waals surface area contributed by atoms with Crippen molar-refractivity contribution in [2.45, 2.75) is 10.9 Å². The minimum atomic E-state index is -3.95. The Hall–Kier alpha value is -3.87. The molecule has 0 unspecified atom stereocenters. The lowest BCUT2D eigenvalue weighted by Gasteiger charge is -2.44. The van der Waals surface area contributed by atoms with Gasteiger partial charge < -0.3 is 15.1 Å². The Morgan fingerprint density at radius 3 is 2.53 bits per heavy atom. The van der Waals surface area contributed by atoms with E-state index in [1.54, 1.807) is 30.5 Å². The molecule has 172 valence electrons. The third-order valence-corrected chi connectivity index (χ3v) is 7.93. The average molecular weight is 473 g/mol. The molecular formula is C25H24N6O2S. The minimum Gasteiger partial charge on any atom is -0.368 e. The molecule has 34 heavy (non-hydrogen) atoms. The van der Waals surface area contributed by atoms with Crippen LogP contribution < -0.4 is 10.2 Å². The maximum Gasteiger partial charge on any atom is 0.269 e. The zero-order valence-electron chi connectivity index (χ0n) is 18.9.